The van der Waals surface area contributed by atoms with E-state index >= 15 is 0 Å². The molecule has 0 aliphatic heterocycles. The van der Waals surface area contributed by atoms with Crippen molar-refractivity contribution in [1.29, 1.82) is 0 Å². The Bertz CT molecular complexity index is 648. The van der Waals surface area contributed by atoms with E-state index in [0.717, 1.165) is 22.4 Å². The first-order chi connectivity index (χ1) is 8.81. The van der Waals surface area contributed by atoms with Crippen LogP contribution in [0.2, 0.25) is 0 Å². The Morgan fingerprint density at radius 2 is 2.11 bits per heavy atom. The van der Waals surface area contributed by atoms with Gasteiger partial charge in [0.25, 0.3) is 5.22 Å². The molecule has 3 aromatic rings. The summed E-state index contributed by atoms with van der Waals surface area (Å²) in [4.78, 5) is 8.36. The second-order valence-corrected chi connectivity index (χ2v) is 4.75. The van der Waals surface area contributed by atoms with Crippen molar-refractivity contribution in [2.24, 2.45) is 0 Å². The number of pyridine rings is 1. The van der Waals surface area contributed by atoms with E-state index in [1.165, 1.54) is 0 Å². The molecule has 4 nitrogen and oxygen atoms in total. The highest BCUT2D eigenvalue weighted by Crippen LogP contribution is 2.26. The number of thioether (sulfide) groups is 1. The Hall–Kier alpha value is -2.01. The van der Waals surface area contributed by atoms with E-state index in [1.807, 2.05) is 36.4 Å². The van der Waals surface area contributed by atoms with Crippen LogP contribution in [0.3, 0.4) is 0 Å². The van der Waals surface area contributed by atoms with E-state index in [4.69, 9.17) is 10.2 Å². The fraction of sp³-hybridized carbons (Fsp3) is 0.0769. The van der Waals surface area contributed by atoms with Gasteiger partial charge in [0, 0.05) is 11.9 Å². The molecule has 2 aromatic heterocycles. The van der Waals surface area contributed by atoms with E-state index in [9.17, 15) is 0 Å². The van der Waals surface area contributed by atoms with Crippen molar-refractivity contribution in [1.82, 2.24) is 9.97 Å². The maximum atomic E-state index is 5.63. The lowest BCUT2D eigenvalue weighted by molar-refractivity contribution is 0.489. The monoisotopic (exact) mass is 257 g/mol. The molecule has 2 heterocycles. The predicted octanol–water partition coefficient (Wildman–Crippen LogP) is 3.10. The number of nitrogen functional groups attached to an aromatic ring is 1. The Morgan fingerprint density at radius 1 is 1.22 bits per heavy atom. The van der Waals surface area contributed by atoms with Crippen molar-refractivity contribution in [3.63, 3.8) is 0 Å². The lowest BCUT2D eigenvalue weighted by Gasteiger charge is -1.98. The van der Waals surface area contributed by atoms with Gasteiger partial charge in [0.1, 0.15) is 11.3 Å². The van der Waals surface area contributed by atoms with Crippen LogP contribution in [0.25, 0.3) is 11.1 Å². The third-order valence-corrected chi connectivity index (χ3v) is 3.38. The van der Waals surface area contributed by atoms with Crippen LogP contribution in [0.4, 0.5) is 5.82 Å². The van der Waals surface area contributed by atoms with Gasteiger partial charge < -0.3 is 10.2 Å². The van der Waals surface area contributed by atoms with Gasteiger partial charge in [-0.15, -0.1) is 0 Å². The summed E-state index contributed by atoms with van der Waals surface area (Å²) in [6.45, 7) is 0. The lowest BCUT2D eigenvalue weighted by atomic mass is 10.3. The first-order valence-electron chi connectivity index (χ1n) is 5.50. The Kier molecular flexibility index (Phi) is 2.90. The van der Waals surface area contributed by atoms with Gasteiger partial charge in [-0.3, -0.25) is 0 Å². The average molecular weight is 257 g/mol. The molecule has 0 aliphatic rings. The van der Waals surface area contributed by atoms with Gasteiger partial charge in [-0.25, -0.2) is 9.97 Å². The SMILES string of the molecule is Nc1cc(CSc2nc3ccccc3o2)ccn1. The topological polar surface area (TPSA) is 64.9 Å². The highest BCUT2D eigenvalue weighted by atomic mass is 32.2. The van der Waals surface area contributed by atoms with Gasteiger partial charge in [-0.2, -0.15) is 0 Å². The van der Waals surface area contributed by atoms with Gasteiger partial charge in [0.05, 0.1) is 0 Å². The number of para-hydroxylation sites is 2. The van der Waals surface area contributed by atoms with Crippen LogP contribution in [-0.4, -0.2) is 9.97 Å². The molecular formula is C13H11N3OS. The second-order valence-electron chi connectivity index (χ2n) is 3.83. The summed E-state index contributed by atoms with van der Waals surface area (Å²) < 4.78 is 5.62. The molecule has 5 heteroatoms. The van der Waals surface area contributed by atoms with Crippen LogP contribution in [0, 0.1) is 0 Å². The lowest BCUT2D eigenvalue weighted by Crippen LogP contribution is -1.90. The van der Waals surface area contributed by atoms with Crippen molar-refractivity contribution in [3.05, 3.63) is 48.2 Å². The minimum Gasteiger partial charge on any atom is -0.431 e. The summed E-state index contributed by atoms with van der Waals surface area (Å²) in [5, 5.41) is 0.673. The molecule has 18 heavy (non-hydrogen) atoms. The molecule has 0 radical (unpaired) electrons. The average Bonchev–Trinajstić information content (AvgIpc) is 2.79. The summed E-state index contributed by atoms with van der Waals surface area (Å²) in [5.74, 6) is 1.30. The van der Waals surface area contributed by atoms with Crippen molar-refractivity contribution in [3.8, 4) is 0 Å². The standard InChI is InChI=1S/C13H11N3OS/c14-12-7-9(5-6-15-12)8-18-13-16-10-3-1-2-4-11(10)17-13/h1-7H,8H2,(H2,14,15). The molecule has 1 aromatic carbocycles. The third kappa shape index (κ3) is 2.31. The maximum absolute atomic E-state index is 5.63. The summed E-state index contributed by atoms with van der Waals surface area (Å²) in [6, 6.07) is 11.5. The Balaban J connectivity index is 1.76. The highest BCUT2D eigenvalue weighted by Gasteiger charge is 2.05. The number of hydrogen-bond donors (Lipinski definition) is 1. The molecule has 90 valence electrons. The molecule has 0 aliphatic carbocycles. The predicted molar refractivity (Wildman–Crippen MR) is 72.2 cm³/mol. The first-order valence-corrected chi connectivity index (χ1v) is 6.48. The number of nitrogens with zero attached hydrogens (tertiary/aromatic N) is 2. The van der Waals surface area contributed by atoms with E-state index in [1.54, 1.807) is 18.0 Å². The zero-order valence-corrected chi connectivity index (χ0v) is 10.4. The molecule has 0 spiro atoms. The largest absolute Gasteiger partial charge is 0.431 e. The zero-order valence-electron chi connectivity index (χ0n) is 9.54. The smallest absolute Gasteiger partial charge is 0.257 e. The van der Waals surface area contributed by atoms with Gasteiger partial charge in [-0.1, -0.05) is 23.9 Å². The molecule has 0 fully saturated rings. The van der Waals surface area contributed by atoms with Crippen molar-refractivity contribution in [2.45, 2.75) is 11.0 Å². The number of fused-ring (bicyclic) bond motifs is 1. The van der Waals surface area contributed by atoms with Crippen molar-refractivity contribution >= 4 is 28.7 Å². The summed E-state index contributed by atoms with van der Waals surface area (Å²) in [7, 11) is 0. The molecule has 0 amide bonds. The second kappa shape index (κ2) is 4.70. The van der Waals surface area contributed by atoms with Gasteiger partial charge in [0.15, 0.2) is 5.58 Å². The number of nitrogens with two attached hydrogens (primary N) is 1. The molecule has 0 saturated heterocycles. The minimum absolute atomic E-state index is 0.533. The molecule has 0 bridgehead atoms. The molecule has 0 atom stereocenters. The van der Waals surface area contributed by atoms with E-state index in [2.05, 4.69) is 9.97 Å². The maximum Gasteiger partial charge on any atom is 0.257 e. The number of anilines is 1. The van der Waals surface area contributed by atoms with Crippen molar-refractivity contribution in [2.75, 3.05) is 5.73 Å². The normalized spacial score (nSPS) is 10.9. The van der Waals surface area contributed by atoms with Crippen molar-refractivity contribution < 1.29 is 4.42 Å². The molecule has 0 unspecified atom stereocenters. The van der Waals surface area contributed by atoms with E-state index in [0.29, 0.717) is 11.0 Å². The van der Waals surface area contributed by atoms with Crippen LogP contribution >= 0.6 is 11.8 Å². The molecular weight excluding hydrogens is 246 g/mol. The first kappa shape index (κ1) is 11.1. The number of hydrogen-bond acceptors (Lipinski definition) is 5. The Labute approximate surface area is 108 Å². The number of benzene rings is 1. The quantitative estimate of drug-likeness (QED) is 0.730. The zero-order chi connectivity index (χ0) is 12.4. The van der Waals surface area contributed by atoms with Crippen LogP contribution in [0.15, 0.2) is 52.2 Å². The fourth-order valence-corrected chi connectivity index (χ4v) is 2.42. The molecule has 3 rings (SSSR count). The van der Waals surface area contributed by atoms with E-state index < -0.39 is 0 Å². The number of oxazole rings is 1. The van der Waals surface area contributed by atoms with Gasteiger partial charge in [0.2, 0.25) is 0 Å². The summed E-state index contributed by atoms with van der Waals surface area (Å²) in [5.41, 5.74) is 8.43. The summed E-state index contributed by atoms with van der Waals surface area (Å²) in [6.07, 6.45) is 1.71. The Morgan fingerprint density at radius 3 is 2.94 bits per heavy atom. The van der Waals surface area contributed by atoms with Crippen LogP contribution in [0.1, 0.15) is 5.56 Å². The van der Waals surface area contributed by atoms with Crippen LogP contribution in [-0.2, 0) is 5.75 Å². The molecule has 2 N–H and O–H groups in total. The highest BCUT2D eigenvalue weighted by molar-refractivity contribution is 7.98. The number of rotatable bonds is 3. The van der Waals surface area contributed by atoms with Crippen LogP contribution in [0.5, 0.6) is 0 Å². The fourth-order valence-electron chi connectivity index (χ4n) is 1.64. The van der Waals surface area contributed by atoms with Crippen LogP contribution < -0.4 is 5.73 Å². The number of aromatic nitrogens is 2. The van der Waals surface area contributed by atoms with Gasteiger partial charge in [-0.05, 0) is 29.8 Å². The van der Waals surface area contributed by atoms with E-state index in [-0.39, 0.29) is 0 Å². The third-order valence-electron chi connectivity index (χ3n) is 2.48. The van der Waals surface area contributed by atoms with Gasteiger partial charge >= 0.3 is 0 Å². The molecule has 0 saturated carbocycles. The summed E-state index contributed by atoms with van der Waals surface area (Å²) >= 11 is 1.55. The minimum atomic E-state index is 0.533.